The number of nitrogens with zero attached hydrogens (tertiary/aromatic N) is 3. The van der Waals surface area contributed by atoms with Crippen molar-refractivity contribution in [1.29, 1.82) is 0 Å². The minimum absolute atomic E-state index is 0.162. The second-order valence-electron chi connectivity index (χ2n) is 5.08. The van der Waals surface area contributed by atoms with Gasteiger partial charge in [0, 0.05) is 31.2 Å². The van der Waals surface area contributed by atoms with E-state index in [4.69, 9.17) is 0 Å². The van der Waals surface area contributed by atoms with Gasteiger partial charge < -0.3 is 15.5 Å². The van der Waals surface area contributed by atoms with E-state index >= 15 is 0 Å². The molecule has 116 valence electrons. The van der Waals surface area contributed by atoms with Crippen molar-refractivity contribution in [2.24, 2.45) is 0 Å². The summed E-state index contributed by atoms with van der Waals surface area (Å²) < 4.78 is 0. The Balaban J connectivity index is 1.65. The lowest BCUT2D eigenvalue weighted by molar-refractivity contribution is 0.0946. The predicted molar refractivity (Wildman–Crippen MR) is 87.2 cm³/mol. The summed E-state index contributed by atoms with van der Waals surface area (Å²) in [5.74, 6) is 0.704. The van der Waals surface area contributed by atoms with E-state index in [1.54, 1.807) is 12.3 Å². The fourth-order valence-electron chi connectivity index (χ4n) is 2.39. The minimum Gasteiger partial charge on any atom is -0.355 e. The quantitative estimate of drug-likeness (QED) is 0.889. The molecular formula is C15H19N5OS. The van der Waals surface area contributed by atoms with E-state index in [1.807, 2.05) is 17.5 Å². The van der Waals surface area contributed by atoms with Gasteiger partial charge in [0.2, 0.25) is 0 Å². The number of amides is 1. The lowest BCUT2D eigenvalue weighted by atomic mass is 10.3. The number of pyridine rings is 1. The molecule has 6 nitrogen and oxygen atoms in total. The van der Waals surface area contributed by atoms with Gasteiger partial charge in [0.1, 0.15) is 16.5 Å². The van der Waals surface area contributed by atoms with Crippen LogP contribution in [0.3, 0.4) is 0 Å². The molecule has 0 aromatic carbocycles. The number of rotatable bonds is 4. The maximum atomic E-state index is 12.2. The maximum absolute atomic E-state index is 12.2. The molecule has 2 N–H and O–H groups in total. The summed E-state index contributed by atoms with van der Waals surface area (Å²) in [7, 11) is 0. The number of hydrogen-bond acceptors (Lipinski definition) is 6. The Morgan fingerprint density at radius 1 is 1.36 bits per heavy atom. The number of hydrogen-bond donors (Lipinski definition) is 2. The number of anilines is 1. The second kappa shape index (κ2) is 7.33. The second-order valence-corrected chi connectivity index (χ2v) is 6.06. The van der Waals surface area contributed by atoms with Gasteiger partial charge in [-0.05, 0) is 25.1 Å². The molecule has 1 amide bonds. The van der Waals surface area contributed by atoms with Crippen molar-refractivity contribution in [2.75, 3.05) is 31.1 Å². The fraction of sp³-hybridized carbons (Fsp3) is 0.400. The van der Waals surface area contributed by atoms with E-state index < -0.39 is 0 Å². The van der Waals surface area contributed by atoms with E-state index in [2.05, 4.69) is 25.5 Å². The number of carbonyl (C=O) groups excluding carboxylic acids is 1. The average Bonchev–Trinajstić information content (AvgIpc) is 2.93. The van der Waals surface area contributed by atoms with Crippen LogP contribution in [0.2, 0.25) is 0 Å². The number of thiazole rings is 1. The van der Waals surface area contributed by atoms with Crippen molar-refractivity contribution >= 4 is 23.1 Å². The van der Waals surface area contributed by atoms with E-state index in [1.165, 1.54) is 11.3 Å². The molecule has 3 heterocycles. The Morgan fingerprint density at radius 3 is 3.18 bits per heavy atom. The van der Waals surface area contributed by atoms with Crippen molar-refractivity contribution < 1.29 is 4.79 Å². The van der Waals surface area contributed by atoms with Gasteiger partial charge in [-0.1, -0.05) is 6.07 Å². The summed E-state index contributed by atoms with van der Waals surface area (Å²) in [4.78, 5) is 23.1. The molecule has 0 unspecified atom stereocenters. The smallest absolute Gasteiger partial charge is 0.270 e. The third-order valence-corrected chi connectivity index (χ3v) is 4.29. The van der Waals surface area contributed by atoms with Crippen LogP contribution in [0.25, 0.3) is 0 Å². The standard InChI is InChI=1S/C15H19N5OS/c21-15(18-11-14-17-7-10-22-14)12-3-1-4-13(19-12)20-8-2-5-16-6-9-20/h1,3-4,7,10,16H,2,5-6,8-9,11H2,(H,18,21). The zero-order chi connectivity index (χ0) is 15.2. The Bertz CT molecular complexity index is 608. The Hall–Kier alpha value is -1.99. The molecule has 0 aliphatic carbocycles. The zero-order valence-electron chi connectivity index (χ0n) is 12.3. The monoisotopic (exact) mass is 317 g/mol. The maximum Gasteiger partial charge on any atom is 0.270 e. The molecule has 22 heavy (non-hydrogen) atoms. The molecule has 0 spiro atoms. The first-order valence-corrected chi connectivity index (χ1v) is 8.30. The largest absolute Gasteiger partial charge is 0.355 e. The van der Waals surface area contributed by atoms with Crippen LogP contribution in [0.15, 0.2) is 29.8 Å². The lowest BCUT2D eigenvalue weighted by Gasteiger charge is -2.21. The molecule has 1 aliphatic rings. The highest BCUT2D eigenvalue weighted by Gasteiger charge is 2.13. The summed E-state index contributed by atoms with van der Waals surface area (Å²) in [6, 6.07) is 5.60. The molecule has 1 saturated heterocycles. The van der Waals surface area contributed by atoms with E-state index in [9.17, 15) is 4.79 Å². The number of nitrogens with one attached hydrogen (secondary N) is 2. The summed E-state index contributed by atoms with van der Waals surface area (Å²) >= 11 is 1.53. The predicted octanol–water partition coefficient (Wildman–Crippen LogP) is 1.27. The summed E-state index contributed by atoms with van der Waals surface area (Å²) in [6.07, 6.45) is 2.82. The van der Waals surface area contributed by atoms with Gasteiger partial charge in [-0.15, -0.1) is 11.3 Å². The van der Waals surface area contributed by atoms with Crippen LogP contribution in [0, 0.1) is 0 Å². The highest BCUT2D eigenvalue weighted by Crippen LogP contribution is 2.13. The first-order valence-electron chi connectivity index (χ1n) is 7.42. The molecular weight excluding hydrogens is 298 g/mol. The number of aromatic nitrogens is 2. The summed E-state index contributed by atoms with van der Waals surface area (Å²) in [5.41, 5.74) is 0.450. The normalized spacial score (nSPS) is 15.4. The van der Waals surface area contributed by atoms with Crippen LogP contribution in [0.5, 0.6) is 0 Å². The summed E-state index contributed by atoms with van der Waals surface area (Å²) in [5, 5.41) is 9.01. The highest BCUT2D eigenvalue weighted by atomic mass is 32.1. The van der Waals surface area contributed by atoms with Gasteiger partial charge in [0.25, 0.3) is 5.91 Å². The van der Waals surface area contributed by atoms with E-state index in [-0.39, 0.29) is 5.91 Å². The number of carbonyl (C=O) groups is 1. The Labute approximate surface area is 133 Å². The average molecular weight is 317 g/mol. The lowest BCUT2D eigenvalue weighted by Crippen LogP contribution is -2.30. The van der Waals surface area contributed by atoms with Gasteiger partial charge in [0.05, 0.1) is 6.54 Å². The first kappa shape index (κ1) is 14.9. The van der Waals surface area contributed by atoms with Gasteiger partial charge in [-0.25, -0.2) is 9.97 Å². The highest BCUT2D eigenvalue weighted by molar-refractivity contribution is 7.09. The van der Waals surface area contributed by atoms with Crippen molar-refractivity contribution in [3.8, 4) is 0 Å². The van der Waals surface area contributed by atoms with Crippen LogP contribution in [-0.4, -0.2) is 42.1 Å². The minimum atomic E-state index is -0.162. The molecule has 2 aromatic heterocycles. The molecule has 3 rings (SSSR count). The van der Waals surface area contributed by atoms with Crippen molar-refractivity contribution in [3.05, 3.63) is 40.5 Å². The van der Waals surface area contributed by atoms with Gasteiger partial charge in [-0.2, -0.15) is 0 Å². The van der Waals surface area contributed by atoms with Crippen LogP contribution in [-0.2, 0) is 6.54 Å². The molecule has 1 aliphatic heterocycles. The Morgan fingerprint density at radius 2 is 2.32 bits per heavy atom. The van der Waals surface area contributed by atoms with Gasteiger partial charge >= 0.3 is 0 Å². The third kappa shape index (κ3) is 3.80. The molecule has 0 bridgehead atoms. The van der Waals surface area contributed by atoms with Crippen LogP contribution in [0.1, 0.15) is 21.9 Å². The van der Waals surface area contributed by atoms with Crippen molar-refractivity contribution in [3.63, 3.8) is 0 Å². The zero-order valence-corrected chi connectivity index (χ0v) is 13.1. The van der Waals surface area contributed by atoms with Crippen molar-refractivity contribution in [2.45, 2.75) is 13.0 Å². The van der Waals surface area contributed by atoms with E-state index in [0.717, 1.165) is 43.4 Å². The molecule has 0 atom stereocenters. The van der Waals surface area contributed by atoms with Gasteiger partial charge in [-0.3, -0.25) is 4.79 Å². The van der Waals surface area contributed by atoms with Gasteiger partial charge in [0.15, 0.2) is 0 Å². The first-order chi connectivity index (χ1) is 10.8. The fourth-order valence-corrected chi connectivity index (χ4v) is 2.94. The summed E-state index contributed by atoms with van der Waals surface area (Å²) in [6.45, 7) is 4.30. The molecule has 7 heteroatoms. The SMILES string of the molecule is O=C(NCc1nccs1)c1cccc(N2CCCNCC2)n1. The molecule has 0 saturated carbocycles. The van der Waals surface area contributed by atoms with E-state index in [0.29, 0.717) is 12.2 Å². The molecule has 2 aromatic rings. The molecule has 0 radical (unpaired) electrons. The topological polar surface area (TPSA) is 70.2 Å². The van der Waals surface area contributed by atoms with Crippen LogP contribution in [0.4, 0.5) is 5.82 Å². The Kier molecular flexibility index (Phi) is 4.97. The van der Waals surface area contributed by atoms with Crippen LogP contribution < -0.4 is 15.5 Å². The third-order valence-electron chi connectivity index (χ3n) is 3.51. The van der Waals surface area contributed by atoms with Crippen molar-refractivity contribution in [1.82, 2.24) is 20.6 Å². The van der Waals surface area contributed by atoms with Crippen LogP contribution >= 0.6 is 11.3 Å². The molecule has 1 fully saturated rings.